The Morgan fingerprint density at radius 3 is 2.90 bits per heavy atom. The molecular formula is C14H16N4O2S. The van der Waals surface area contributed by atoms with Crippen molar-refractivity contribution in [2.24, 2.45) is 0 Å². The number of nitrogens with zero attached hydrogens (tertiary/aromatic N) is 4. The molecule has 1 atom stereocenters. The van der Waals surface area contributed by atoms with Gasteiger partial charge in [0.2, 0.25) is 0 Å². The van der Waals surface area contributed by atoms with Crippen LogP contribution in [0.15, 0.2) is 17.8 Å². The lowest BCUT2D eigenvalue weighted by molar-refractivity contribution is -0.00409. The summed E-state index contributed by atoms with van der Waals surface area (Å²) in [5.74, 6) is -0.124. The largest absolute Gasteiger partial charge is 0.377 e. The van der Waals surface area contributed by atoms with Crippen molar-refractivity contribution in [3.63, 3.8) is 0 Å². The van der Waals surface area contributed by atoms with Crippen molar-refractivity contribution in [2.45, 2.75) is 19.9 Å². The Balaban J connectivity index is 1.87. The molecule has 0 N–H and O–H groups in total. The second-order valence-electron chi connectivity index (χ2n) is 4.92. The van der Waals surface area contributed by atoms with E-state index in [1.165, 1.54) is 6.20 Å². The molecular weight excluding hydrogens is 288 g/mol. The number of ether oxygens (including phenoxy) is 1. The lowest BCUT2D eigenvalue weighted by Gasteiger charge is -2.34. The Kier molecular flexibility index (Phi) is 3.94. The van der Waals surface area contributed by atoms with E-state index in [2.05, 4.69) is 15.0 Å². The number of aromatic nitrogens is 3. The molecule has 1 fully saturated rings. The zero-order valence-electron chi connectivity index (χ0n) is 11.9. The van der Waals surface area contributed by atoms with Crippen molar-refractivity contribution < 1.29 is 9.53 Å². The molecule has 0 bridgehead atoms. The van der Waals surface area contributed by atoms with E-state index in [4.69, 9.17) is 4.74 Å². The standard InChI is InChI=1S/C14H16N4O2S/c1-9-5-16-11(6-15-9)14(19)18-3-4-20-7-13(18)12-8-21-10(2)17-12/h5-6,8,13H,3-4,7H2,1-2H3/t13-/m1/s1. The first-order valence-corrected chi connectivity index (χ1v) is 7.62. The van der Waals surface area contributed by atoms with Gasteiger partial charge in [0.1, 0.15) is 5.69 Å². The van der Waals surface area contributed by atoms with Crippen LogP contribution in [-0.4, -0.2) is 45.5 Å². The molecule has 0 unspecified atom stereocenters. The summed E-state index contributed by atoms with van der Waals surface area (Å²) in [4.78, 5) is 27.2. The second-order valence-corrected chi connectivity index (χ2v) is 5.99. The van der Waals surface area contributed by atoms with Crippen LogP contribution < -0.4 is 0 Å². The molecule has 1 saturated heterocycles. The number of hydrogen-bond donors (Lipinski definition) is 0. The molecule has 7 heteroatoms. The van der Waals surface area contributed by atoms with Gasteiger partial charge in [-0.1, -0.05) is 0 Å². The van der Waals surface area contributed by atoms with Crippen LogP contribution in [0.4, 0.5) is 0 Å². The summed E-state index contributed by atoms with van der Waals surface area (Å²) in [5, 5.41) is 2.97. The second kappa shape index (κ2) is 5.87. The van der Waals surface area contributed by atoms with E-state index in [0.717, 1.165) is 16.4 Å². The molecule has 110 valence electrons. The number of morpholine rings is 1. The van der Waals surface area contributed by atoms with Crippen LogP contribution in [0.25, 0.3) is 0 Å². The number of rotatable bonds is 2. The molecule has 3 rings (SSSR count). The van der Waals surface area contributed by atoms with Crippen LogP contribution in [0.3, 0.4) is 0 Å². The Morgan fingerprint density at radius 1 is 1.38 bits per heavy atom. The molecule has 1 aliphatic heterocycles. The first kappa shape index (κ1) is 14.1. The number of thiazole rings is 1. The van der Waals surface area contributed by atoms with E-state index in [1.54, 1.807) is 22.4 Å². The fourth-order valence-corrected chi connectivity index (χ4v) is 2.93. The summed E-state index contributed by atoms with van der Waals surface area (Å²) in [6.45, 7) is 5.33. The fraction of sp³-hybridized carbons (Fsp3) is 0.429. The van der Waals surface area contributed by atoms with E-state index in [1.807, 2.05) is 19.2 Å². The molecule has 1 amide bonds. The Hall–Kier alpha value is -1.86. The van der Waals surface area contributed by atoms with Crippen LogP contribution in [0, 0.1) is 13.8 Å². The van der Waals surface area contributed by atoms with Gasteiger partial charge in [-0.05, 0) is 13.8 Å². The molecule has 1 aliphatic rings. The van der Waals surface area contributed by atoms with Gasteiger partial charge in [0, 0.05) is 18.1 Å². The summed E-state index contributed by atoms with van der Waals surface area (Å²) < 4.78 is 5.52. The van der Waals surface area contributed by atoms with Crippen LogP contribution in [0.5, 0.6) is 0 Å². The van der Waals surface area contributed by atoms with E-state index in [0.29, 0.717) is 25.5 Å². The average Bonchev–Trinajstić information content (AvgIpc) is 2.94. The van der Waals surface area contributed by atoms with Gasteiger partial charge >= 0.3 is 0 Å². The molecule has 0 saturated carbocycles. The summed E-state index contributed by atoms with van der Waals surface area (Å²) in [7, 11) is 0. The Morgan fingerprint density at radius 2 is 2.24 bits per heavy atom. The first-order valence-electron chi connectivity index (χ1n) is 6.74. The maximum atomic E-state index is 12.6. The van der Waals surface area contributed by atoms with Gasteiger partial charge in [-0.2, -0.15) is 0 Å². The van der Waals surface area contributed by atoms with Gasteiger partial charge in [0.15, 0.2) is 0 Å². The fourth-order valence-electron chi connectivity index (χ4n) is 2.28. The van der Waals surface area contributed by atoms with E-state index in [9.17, 15) is 4.79 Å². The van der Waals surface area contributed by atoms with Crippen LogP contribution in [-0.2, 0) is 4.74 Å². The highest BCUT2D eigenvalue weighted by Gasteiger charge is 2.31. The number of hydrogen-bond acceptors (Lipinski definition) is 6. The quantitative estimate of drug-likeness (QED) is 0.845. The van der Waals surface area contributed by atoms with Crippen molar-refractivity contribution in [3.8, 4) is 0 Å². The van der Waals surface area contributed by atoms with E-state index in [-0.39, 0.29) is 11.9 Å². The summed E-state index contributed by atoms with van der Waals surface area (Å²) in [6, 6.07) is -0.153. The molecule has 0 aromatic carbocycles. The minimum atomic E-state index is -0.153. The monoisotopic (exact) mass is 304 g/mol. The highest BCUT2D eigenvalue weighted by atomic mass is 32.1. The normalized spacial score (nSPS) is 18.8. The van der Waals surface area contributed by atoms with Gasteiger partial charge in [-0.15, -0.1) is 11.3 Å². The SMILES string of the molecule is Cc1cnc(C(=O)N2CCOC[C@@H]2c2csc(C)n2)cn1. The Bertz CT molecular complexity index is 641. The minimum absolute atomic E-state index is 0.124. The predicted molar refractivity (Wildman–Crippen MR) is 78.2 cm³/mol. The number of aryl methyl sites for hydroxylation is 2. The third-order valence-corrected chi connectivity index (χ3v) is 4.16. The molecule has 0 radical (unpaired) electrons. The molecule has 0 spiro atoms. The van der Waals surface area contributed by atoms with E-state index < -0.39 is 0 Å². The number of carbonyl (C=O) groups excluding carboxylic acids is 1. The highest BCUT2D eigenvalue weighted by Crippen LogP contribution is 2.26. The average molecular weight is 304 g/mol. The zero-order chi connectivity index (χ0) is 14.8. The molecule has 21 heavy (non-hydrogen) atoms. The maximum Gasteiger partial charge on any atom is 0.274 e. The molecule has 6 nitrogen and oxygen atoms in total. The van der Waals surface area contributed by atoms with E-state index >= 15 is 0 Å². The summed E-state index contributed by atoms with van der Waals surface area (Å²) in [6.07, 6.45) is 3.13. The van der Waals surface area contributed by atoms with Crippen molar-refractivity contribution in [2.75, 3.05) is 19.8 Å². The third kappa shape index (κ3) is 2.93. The van der Waals surface area contributed by atoms with Gasteiger partial charge in [0.05, 0.1) is 41.8 Å². The topological polar surface area (TPSA) is 68.2 Å². The van der Waals surface area contributed by atoms with Gasteiger partial charge < -0.3 is 9.64 Å². The smallest absolute Gasteiger partial charge is 0.274 e. The molecule has 2 aromatic heterocycles. The lowest BCUT2D eigenvalue weighted by Crippen LogP contribution is -2.43. The maximum absolute atomic E-state index is 12.6. The molecule has 0 aliphatic carbocycles. The molecule has 3 heterocycles. The Labute approximate surface area is 126 Å². The first-order chi connectivity index (χ1) is 10.1. The van der Waals surface area contributed by atoms with Crippen LogP contribution in [0.1, 0.15) is 32.9 Å². The minimum Gasteiger partial charge on any atom is -0.377 e. The van der Waals surface area contributed by atoms with Crippen molar-refractivity contribution in [1.29, 1.82) is 0 Å². The van der Waals surface area contributed by atoms with Crippen LogP contribution >= 0.6 is 11.3 Å². The van der Waals surface area contributed by atoms with Crippen molar-refractivity contribution in [3.05, 3.63) is 39.9 Å². The van der Waals surface area contributed by atoms with Gasteiger partial charge in [0.25, 0.3) is 5.91 Å². The number of amides is 1. The molecule has 2 aromatic rings. The number of carbonyl (C=O) groups is 1. The van der Waals surface area contributed by atoms with Gasteiger partial charge in [-0.25, -0.2) is 9.97 Å². The highest BCUT2D eigenvalue weighted by molar-refractivity contribution is 7.09. The third-order valence-electron chi connectivity index (χ3n) is 3.37. The lowest BCUT2D eigenvalue weighted by atomic mass is 10.1. The summed E-state index contributed by atoms with van der Waals surface area (Å²) in [5.41, 5.74) is 2.03. The predicted octanol–water partition coefficient (Wildman–Crippen LogP) is 1.76. The van der Waals surface area contributed by atoms with Crippen LogP contribution in [0.2, 0.25) is 0 Å². The van der Waals surface area contributed by atoms with Crippen molar-refractivity contribution >= 4 is 17.2 Å². The van der Waals surface area contributed by atoms with Crippen molar-refractivity contribution in [1.82, 2.24) is 19.9 Å². The zero-order valence-corrected chi connectivity index (χ0v) is 12.8. The summed E-state index contributed by atoms with van der Waals surface area (Å²) >= 11 is 1.58. The van der Waals surface area contributed by atoms with Gasteiger partial charge in [-0.3, -0.25) is 9.78 Å².